The molecule has 3 aromatic rings. The lowest BCUT2D eigenvalue weighted by molar-refractivity contribution is 0.0457. The van der Waals surface area contributed by atoms with E-state index in [-0.39, 0.29) is 6.61 Å². The highest BCUT2D eigenvalue weighted by molar-refractivity contribution is 9.10. The molecule has 0 bridgehead atoms. The summed E-state index contributed by atoms with van der Waals surface area (Å²) in [4.78, 5) is 15.1. The summed E-state index contributed by atoms with van der Waals surface area (Å²) in [6.07, 6.45) is 0. The molecule has 0 amide bonds. The van der Waals surface area contributed by atoms with E-state index in [0.717, 1.165) is 10.9 Å². The Morgan fingerprint density at radius 3 is 2.95 bits per heavy atom. The number of halogens is 1. The largest absolute Gasteiger partial charge is 0.454 e. The number of carbonyl (C=O) groups is 1. The van der Waals surface area contributed by atoms with Crippen LogP contribution in [0.5, 0.6) is 0 Å². The summed E-state index contributed by atoms with van der Waals surface area (Å²) in [7, 11) is 0. The quantitative estimate of drug-likeness (QED) is 0.743. The molecule has 6 heteroatoms. The number of hydrogen-bond donors (Lipinski definition) is 1. The minimum Gasteiger partial charge on any atom is -0.454 e. The third-order valence-electron chi connectivity index (χ3n) is 2.87. The fourth-order valence-corrected chi connectivity index (χ4v) is 2.55. The van der Waals surface area contributed by atoms with Crippen molar-refractivity contribution in [2.75, 3.05) is 0 Å². The van der Waals surface area contributed by atoms with Crippen LogP contribution in [-0.4, -0.2) is 16.1 Å². The molecule has 0 saturated heterocycles. The van der Waals surface area contributed by atoms with Gasteiger partial charge < -0.3 is 14.2 Å². The second-order valence-corrected chi connectivity index (χ2v) is 5.16. The summed E-state index contributed by atoms with van der Waals surface area (Å²) >= 11 is 3.42. The number of ether oxygens (including phenoxy) is 1. The second-order valence-electron chi connectivity index (χ2n) is 4.36. The van der Waals surface area contributed by atoms with E-state index in [1.54, 1.807) is 13.0 Å². The number of hydrogen-bond acceptors (Lipinski definition) is 4. The van der Waals surface area contributed by atoms with Gasteiger partial charge in [0, 0.05) is 17.0 Å². The summed E-state index contributed by atoms with van der Waals surface area (Å²) in [6, 6.07) is 9.37. The van der Waals surface area contributed by atoms with Gasteiger partial charge in [-0.2, -0.15) is 0 Å². The van der Waals surface area contributed by atoms with Crippen LogP contribution in [0.25, 0.3) is 10.9 Å². The number of fused-ring (bicyclic) bond motifs is 1. The summed E-state index contributed by atoms with van der Waals surface area (Å²) < 4.78 is 10.8. The van der Waals surface area contributed by atoms with Gasteiger partial charge in [0.1, 0.15) is 23.8 Å². The molecule has 2 aromatic heterocycles. The second kappa shape index (κ2) is 5.13. The molecule has 102 valence electrons. The Kier molecular flexibility index (Phi) is 3.31. The molecule has 20 heavy (non-hydrogen) atoms. The van der Waals surface area contributed by atoms with Crippen LogP contribution in [0, 0.1) is 6.92 Å². The number of esters is 1. The number of H-pyrrole nitrogens is 1. The molecule has 1 aromatic carbocycles. The number of aromatic nitrogens is 2. The van der Waals surface area contributed by atoms with Crippen LogP contribution in [-0.2, 0) is 11.3 Å². The first-order valence-corrected chi connectivity index (χ1v) is 6.80. The van der Waals surface area contributed by atoms with Crippen LogP contribution in [0.15, 0.2) is 39.3 Å². The van der Waals surface area contributed by atoms with Crippen molar-refractivity contribution in [3.63, 3.8) is 0 Å². The molecular formula is C14H11BrN2O3. The Bertz CT molecular complexity index is 776. The first-order chi connectivity index (χ1) is 9.65. The SMILES string of the molecule is Cc1cc(COC(=O)c2[nH]c3ccccc3c2Br)no1. The van der Waals surface area contributed by atoms with Crippen LogP contribution < -0.4 is 0 Å². The zero-order chi connectivity index (χ0) is 14.1. The highest BCUT2D eigenvalue weighted by Gasteiger charge is 2.17. The highest BCUT2D eigenvalue weighted by Crippen LogP contribution is 2.28. The molecule has 0 atom stereocenters. The van der Waals surface area contributed by atoms with Crippen molar-refractivity contribution in [3.8, 4) is 0 Å². The molecule has 3 rings (SSSR count). The van der Waals surface area contributed by atoms with E-state index in [1.165, 1.54) is 0 Å². The Morgan fingerprint density at radius 2 is 2.25 bits per heavy atom. The van der Waals surface area contributed by atoms with Crippen LogP contribution in [0.1, 0.15) is 21.9 Å². The van der Waals surface area contributed by atoms with E-state index < -0.39 is 5.97 Å². The fourth-order valence-electron chi connectivity index (χ4n) is 1.95. The zero-order valence-electron chi connectivity index (χ0n) is 10.6. The van der Waals surface area contributed by atoms with Crippen LogP contribution in [0.4, 0.5) is 0 Å². The van der Waals surface area contributed by atoms with E-state index in [2.05, 4.69) is 26.1 Å². The van der Waals surface area contributed by atoms with Crippen molar-refractivity contribution in [2.45, 2.75) is 13.5 Å². The van der Waals surface area contributed by atoms with Crippen LogP contribution >= 0.6 is 15.9 Å². The standard InChI is InChI=1S/C14H11BrN2O3/c1-8-6-9(17-20-8)7-19-14(18)13-12(15)10-4-2-3-5-11(10)16-13/h2-6,16H,7H2,1H3. The first kappa shape index (κ1) is 12.9. The number of rotatable bonds is 3. The van der Waals surface area contributed by atoms with E-state index in [0.29, 0.717) is 21.6 Å². The van der Waals surface area contributed by atoms with Gasteiger partial charge in [-0.3, -0.25) is 0 Å². The fraction of sp³-hybridized carbons (Fsp3) is 0.143. The Balaban J connectivity index is 1.80. The van der Waals surface area contributed by atoms with Gasteiger partial charge in [0.25, 0.3) is 0 Å². The Morgan fingerprint density at radius 1 is 1.45 bits per heavy atom. The molecule has 0 radical (unpaired) electrons. The van der Waals surface area contributed by atoms with E-state index in [4.69, 9.17) is 9.26 Å². The van der Waals surface area contributed by atoms with Crippen molar-refractivity contribution < 1.29 is 14.1 Å². The number of aromatic amines is 1. The number of para-hydroxylation sites is 1. The molecule has 0 aliphatic rings. The van der Waals surface area contributed by atoms with Gasteiger partial charge in [-0.15, -0.1) is 0 Å². The number of aryl methyl sites for hydroxylation is 1. The lowest BCUT2D eigenvalue weighted by atomic mass is 10.2. The molecule has 0 saturated carbocycles. The Hall–Kier alpha value is -2.08. The maximum atomic E-state index is 12.1. The summed E-state index contributed by atoms with van der Waals surface area (Å²) in [5, 5.41) is 4.71. The van der Waals surface area contributed by atoms with Crippen molar-refractivity contribution in [2.24, 2.45) is 0 Å². The van der Waals surface area contributed by atoms with E-state index >= 15 is 0 Å². The van der Waals surface area contributed by atoms with Gasteiger partial charge in [-0.05, 0) is 28.9 Å². The van der Waals surface area contributed by atoms with Crippen LogP contribution in [0.2, 0.25) is 0 Å². The third-order valence-corrected chi connectivity index (χ3v) is 3.70. The molecule has 2 heterocycles. The third kappa shape index (κ3) is 2.34. The van der Waals surface area contributed by atoms with Crippen molar-refractivity contribution >= 4 is 32.8 Å². The molecule has 0 aliphatic carbocycles. The number of benzene rings is 1. The maximum absolute atomic E-state index is 12.1. The summed E-state index contributed by atoms with van der Waals surface area (Å²) in [5.74, 6) is 0.247. The molecular weight excluding hydrogens is 324 g/mol. The van der Waals surface area contributed by atoms with Crippen molar-refractivity contribution in [3.05, 3.63) is 52.0 Å². The van der Waals surface area contributed by atoms with Crippen LogP contribution in [0.3, 0.4) is 0 Å². The van der Waals surface area contributed by atoms with E-state index in [9.17, 15) is 4.79 Å². The minimum absolute atomic E-state index is 0.0813. The van der Waals surface area contributed by atoms with Gasteiger partial charge in [-0.1, -0.05) is 23.4 Å². The lowest BCUT2D eigenvalue weighted by Gasteiger charge is -2.00. The van der Waals surface area contributed by atoms with Gasteiger partial charge in [-0.25, -0.2) is 4.79 Å². The van der Waals surface area contributed by atoms with Crippen molar-refractivity contribution in [1.29, 1.82) is 0 Å². The molecule has 1 N–H and O–H groups in total. The smallest absolute Gasteiger partial charge is 0.356 e. The maximum Gasteiger partial charge on any atom is 0.356 e. The molecule has 0 unspecified atom stereocenters. The number of nitrogens with one attached hydrogen (secondary N) is 1. The molecule has 5 nitrogen and oxygen atoms in total. The summed E-state index contributed by atoms with van der Waals surface area (Å²) in [5.41, 5.74) is 1.86. The van der Waals surface area contributed by atoms with E-state index in [1.807, 2.05) is 24.3 Å². The predicted octanol–water partition coefficient (Wildman–Crippen LogP) is 3.58. The van der Waals surface area contributed by atoms with Gasteiger partial charge >= 0.3 is 5.97 Å². The lowest BCUT2D eigenvalue weighted by Crippen LogP contribution is -2.06. The minimum atomic E-state index is -0.436. The van der Waals surface area contributed by atoms with Gasteiger partial charge in [0.05, 0.1) is 4.47 Å². The highest BCUT2D eigenvalue weighted by atomic mass is 79.9. The topological polar surface area (TPSA) is 68.1 Å². The number of nitrogens with zero attached hydrogens (tertiary/aromatic N) is 1. The predicted molar refractivity (Wildman–Crippen MR) is 76.4 cm³/mol. The molecule has 0 aliphatic heterocycles. The zero-order valence-corrected chi connectivity index (χ0v) is 12.2. The van der Waals surface area contributed by atoms with Crippen molar-refractivity contribution in [1.82, 2.24) is 10.1 Å². The monoisotopic (exact) mass is 334 g/mol. The van der Waals surface area contributed by atoms with Gasteiger partial charge in [0.2, 0.25) is 0 Å². The molecule has 0 fully saturated rings. The normalized spacial score (nSPS) is 10.9. The number of carbonyl (C=O) groups excluding carboxylic acids is 1. The Labute approximate surface area is 123 Å². The van der Waals surface area contributed by atoms with Gasteiger partial charge in [0.15, 0.2) is 0 Å². The summed E-state index contributed by atoms with van der Waals surface area (Å²) in [6.45, 7) is 1.87. The molecule has 0 spiro atoms. The first-order valence-electron chi connectivity index (χ1n) is 6.00. The average Bonchev–Trinajstić information content (AvgIpc) is 3.01. The average molecular weight is 335 g/mol.